The van der Waals surface area contributed by atoms with E-state index in [-0.39, 0.29) is 11.7 Å². The maximum absolute atomic E-state index is 13.6. The van der Waals surface area contributed by atoms with Crippen LogP contribution in [-0.4, -0.2) is 45.5 Å². The van der Waals surface area contributed by atoms with Crippen molar-refractivity contribution in [2.24, 2.45) is 0 Å². The van der Waals surface area contributed by atoms with Gasteiger partial charge in [-0.3, -0.25) is 4.79 Å². The van der Waals surface area contributed by atoms with E-state index in [2.05, 4.69) is 10.3 Å². The molecule has 3 heterocycles. The lowest BCUT2D eigenvalue weighted by molar-refractivity contribution is 0.0819. The molecule has 6 nitrogen and oxygen atoms in total. The van der Waals surface area contributed by atoms with E-state index in [1.807, 2.05) is 24.3 Å². The third kappa shape index (κ3) is 3.63. The van der Waals surface area contributed by atoms with Crippen LogP contribution in [0.15, 0.2) is 60.8 Å². The first-order valence-electron chi connectivity index (χ1n) is 10.2. The molecule has 0 radical (unpaired) electrons. The second-order valence-corrected chi connectivity index (χ2v) is 7.99. The molecule has 0 atom stereocenters. The molecule has 1 N–H and O–H groups in total. The van der Waals surface area contributed by atoms with Crippen LogP contribution >= 0.6 is 0 Å². The van der Waals surface area contributed by atoms with E-state index in [0.29, 0.717) is 17.4 Å². The van der Waals surface area contributed by atoms with Crippen LogP contribution in [-0.2, 0) is 0 Å². The Labute approximate surface area is 179 Å². The SMILES string of the molecule is CN(C)C(=O)c1cccc2c(-c3ccnc(NC4CC4)c3)c(-c3ccc(F)cc3)nn12. The number of halogens is 1. The van der Waals surface area contributed by atoms with Crippen molar-refractivity contribution in [1.29, 1.82) is 0 Å². The minimum atomic E-state index is -0.308. The maximum atomic E-state index is 13.6. The van der Waals surface area contributed by atoms with Gasteiger partial charge in [-0.1, -0.05) is 6.07 Å². The van der Waals surface area contributed by atoms with E-state index in [9.17, 15) is 9.18 Å². The minimum Gasteiger partial charge on any atom is -0.367 e. The van der Waals surface area contributed by atoms with E-state index in [1.54, 1.807) is 43.0 Å². The van der Waals surface area contributed by atoms with Crippen LogP contribution in [0.2, 0.25) is 0 Å². The third-order valence-corrected chi connectivity index (χ3v) is 5.38. The molecule has 7 heteroatoms. The van der Waals surface area contributed by atoms with Crippen molar-refractivity contribution in [3.05, 3.63) is 72.3 Å². The van der Waals surface area contributed by atoms with Gasteiger partial charge in [0.2, 0.25) is 0 Å². The summed E-state index contributed by atoms with van der Waals surface area (Å²) in [5.41, 5.74) is 4.53. The molecule has 1 amide bonds. The van der Waals surface area contributed by atoms with Crippen molar-refractivity contribution in [1.82, 2.24) is 19.5 Å². The van der Waals surface area contributed by atoms with Gasteiger partial charge in [0.15, 0.2) is 0 Å². The van der Waals surface area contributed by atoms with Crippen LogP contribution in [0.25, 0.3) is 27.9 Å². The zero-order valence-electron chi connectivity index (χ0n) is 17.3. The summed E-state index contributed by atoms with van der Waals surface area (Å²) >= 11 is 0. The van der Waals surface area contributed by atoms with Crippen molar-refractivity contribution >= 4 is 17.2 Å². The monoisotopic (exact) mass is 415 g/mol. The van der Waals surface area contributed by atoms with Crippen LogP contribution < -0.4 is 5.32 Å². The number of hydrogen-bond acceptors (Lipinski definition) is 4. The quantitative estimate of drug-likeness (QED) is 0.522. The topological polar surface area (TPSA) is 62.5 Å². The summed E-state index contributed by atoms with van der Waals surface area (Å²) in [6.07, 6.45) is 4.08. The lowest BCUT2D eigenvalue weighted by atomic mass is 10.0. The number of carbonyl (C=O) groups is 1. The average Bonchev–Trinajstić information content (AvgIpc) is 3.49. The fourth-order valence-corrected chi connectivity index (χ4v) is 3.66. The summed E-state index contributed by atoms with van der Waals surface area (Å²) in [5, 5.41) is 8.23. The van der Waals surface area contributed by atoms with Crippen LogP contribution in [0.5, 0.6) is 0 Å². The molecule has 1 aliphatic rings. The van der Waals surface area contributed by atoms with Gasteiger partial charge < -0.3 is 10.2 Å². The van der Waals surface area contributed by atoms with Crippen molar-refractivity contribution < 1.29 is 9.18 Å². The van der Waals surface area contributed by atoms with E-state index in [1.165, 1.54) is 17.0 Å². The van der Waals surface area contributed by atoms with Crippen LogP contribution in [0.3, 0.4) is 0 Å². The summed E-state index contributed by atoms with van der Waals surface area (Å²) in [5.74, 6) is 0.360. The van der Waals surface area contributed by atoms with Crippen molar-refractivity contribution in [2.45, 2.75) is 18.9 Å². The van der Waals surface area contributed by atoms with Gasteiger partial charge in [-0.05, 0) is 66.9 Å². The Morgan fingerprint density at radius 1 is 1.10 bits per heavy atom. The number of carbonyl (C=O) groups excluding carboxylic acids is 1. The van der Waals surface area contributed by atoms with Gasteiger partial charge in [0.25, 0.3) is 5.91 Å². The van der Waals surface area contributed by atoms with Gasteiger partial charge in [0.05, 0.1) is 5.52 Å². The highest BCUT2D eigenvalue weighted by atomic mass is 19.1. The Morgan fingerprint density at radius 2 is 1.87 bits per heavy atom. The molecule has 0 aliphatic heterocycles. The Morgan fingerprint density at radius 3 is 2.58 bits per heavy atom. The summed E-state index contributed by atoms with van der Waals surface area (Å²) < 4.78 is 15.2. The van der Waals surface area contributed by atoms with E-state index >= 15 is 0 Å². The molecule has 5 rings (SSSR count). The maximum Gasteiger partial charge on any atom is 0.272 e. The molecule has 1 saturated carbocycles. The van der Waals surface area contributed by atoms with Gasteiger partial charge in [0.1, 0.15) is 23.0 Å². The van der Waals surface area contributed by atoms with Gasteiger partial charge in [-0.25, -0.2) is 13.9 Å². The molecule has 156 valence electrons. The van der Waals surface area contributed by atoms with Gasteiger partial charge in [-0.2, -0.15) is 5.10 Å². The van der Waals surface area contributed by atoms with E-state index in [0.717, 1.165) is 40.9 Å². The van der Waals surface area contributed by atoms with Crippen molar-refractivity contribution in [2.75, 3.05) is 19.4 Å². The molecule has 4 aromatic rings. The molecule has 1 fully saturated rings. The molecule has 1 aliphatic carbocycles. The summed E-state index contributed by atoms with van der Waals surface area (Å²) in [4.78, 5) is 18.7. The summed E-state index contributed by atoms with van der Waals surface area (Å²) in [6, 6.07) is 16.2. The van der Waals surface area contributed by atoms with E-state index < -0.39 is 0 Å². The Bertz CT molecular complexity index is 1280. The fourth-order valence-electron chi connectivity index (χ4n) is 3.66. The van der Waals surface area contributed by atoms with Crippen LogP contribution in [0, 0.1) is 5.82 Å². The van der Waals surface area contributed by atoms with Crippen LogP contribution in [0.1, 0.15) is 23.3 Å². The molecule has 0 unspecified atom stereocenters. The minimum absolute atomic E-state index is 0.142. The number of benzene rings is 1. The molecule has 31 heavy (non-hydrogen) atoms. The van der Waals surface area contributed by atoms with Gasteiger partial charge in [0, 0.05) is 37.5 Å². The standard InChI is InChI=1S/C24H22FN5O/c1-29(2)24(31)20-5-3-4-19-22(16-12-13-26-21(14-16)27-18-10-11-18)23(28-30(19)20)15-6-8-17(25)9-7-15/h3-9,12-14,18H,10-11H2,1-2H3,(H,26,27). The Balaban J connectivity index is 1.75. The number of aromatic nitrogens is 3. The Hall–Kier alpha value is -3.74. The molecule has 0 bridgehead atoms. The highest BCUT2D eigenvalue weighted by Crippen LogP contribution is 2.37. The number of anilines is 1. The number of pyridine rings is 2. The molecule has 3 aromatic heterocycles. The first-order chi connectivity index (χ1) is 15.0. The normalized spacial score (nSPS) is 13.4. The lowest BCUT2D eigenvalue weighted by Gasteiger charge is -2.11. The predicted molar refractivity (Wildman–Crippen MR) is 118 cm³/mol. The second-order valence-electron chi connectivity index (χ2n) is 7.99. The molecular weight excluding hydrogens is 393 g/mol. The molecule has 1 aromatic carbocycles. The smallest absolute Gasteiger partial charge is 0.272 e. The highest BCUT2D eigenvalue weighted by molar-refractivity contribution is 5.97. The first-order valence-corrected chi connectivity index (χ1v) is 10.2. The zero-order chi connectivity index (χ0) is 21.5. The lowest BCUT2D eigenvalue weighted by Crippen LogP contribution is -2.24. The van der Waals surface area contributed by atoms with Gasteiger partial charge in [-0.15, -0.1) is 0 Å². The first kappa shape index (κ1) is 19.2. The zero-order valence-corrected chi connectivity index (χ0v) is 17.3. The van der Waals surface area contributed by atoms with E-state index in [4.69, 9.17) is 5.10 Å². The number of nitrogens with one attached hydrogen (secondary N) is 1. The van der Waals surface area contributed by atoms with Crippen molar-refractivity contribution in [3.63, 3.8) is 0 Å². The Kier molecular flexibility index (Phi) is 4.66. The fraction of sp³-hybridized carbons (Fsp3) is 0.208. The highest BCUT2D eigenvalue weighted by Gasteiger charge is 2.23. The summed E-state index contributed by atoms with van der Waals surface area (Å²) in [7, 11) is 3.43. The predicted octanol–water partition coefficient (Wildman–Crippen LogP) is 4.48. The number of rotatable bonds is 5. The van der Waals surface area contributed by atoms with Crippen molar-refractivity contribution in [3.8, 4) is 22.4 Å². The molecular formula is C24H22FN5O. The average molecular weight is 415 g/mol. The number of nitrogens with zero attached hydrogens (tertiary/aromatic N) is 4. The summed E-state index contributed by atoms with van der Waals surface area (Å²) in [6.45, 7) is 0. The molecule has 0 saturated heterocycles. The number of fused-ring (bicyclic) bond motifs is 1. The number of hydrogen-bond donors (Lipinski definition) is 1. The molecule has 0 spiro atoms. The number of amides is 1. The van der Waals surface area contributed by atoms with Gasteiger partial charge >= 0.3 is 0 Å². The largest absolute Gasteiger partial charge is 0.367 e. The van der Waals surface area contributed by atoms with Crippen LogP contribution in [0.4, 0.5) is 10.2 Å². The third-order valence-electron chi connectivity index (χ3n) is 5.38. The second kappa shape index (κ2) is 7.50.